The highest BCUT2D eigenvalue weighted by molar-refractivity contribution is 5.89. The molecule has 2 fully saturated rings. The number of likely N-dealkylation sites (tertiary alicyclic amines) is 1. The van der Waals surface area contributed by atoms with Crippen LogP contribution in [0.15, 0.2) is 54.6 Å². The van der Waals surface area contributed by atoms with Crippen LogP contribution in [0.5, 0.6) is 0 Å². The van der Waals surface area contributed by atoms with Gasteiger partial charge in [-0.25, -0.2) is 8.78 Å². The normalized spacial score (nSPS) is 22.4. The average molecular weight is 528 g/mol. The number of allylic oxidation sites excluding steroid dienone is 4. The average Bonchev–Trinajstić information content (AvgIpc) is 2.88. The van der Waals surface area contributed by atoms with Crippen molar-refractivity contribution >= 4 is 11.8 Å². The maximum atomic E-state index is 13.8. The van der Waals surface area contributed by atoms with Crippen LogP contribution in [0.4, 0.5) is 8.78 Å². The van der Waals surface area contributed by atoms with Crippen LogP contribution in [0.3, 0.4) is 0 Å². The Labute approximate surface area is 226 Å². The smallest absolute Gasteiger partial charge is 0.262 e. The number of unbranched alkanes of at least 4 members (excludes halogenated alkanes) is 1. The lowest BCUT2D eigenvalue weighted by atomic mass is 9.64. The van der Waals surface area contributed by atoms with Crippen LogP contribution in [0, 0.1) is 11.8 Å². The Hall–Kier alpha value is -2.54. The number of carbonyl (C=O) groups is 2. The Kier molecular flexibility index (Phi) is 9.74. The summed E-state index contributed by atoms with van der Waals surface area (Å²) < 4.78 is 27.4. The summed E-state index contributed by atoms with van der Waals surface area (Å²) in [5.41, 5.74) is -0.0306. The standard InChI is InChI=1S/C31H43F2N3O2/c1-30(32,33)23-34-29(38)31(25-13-4-2-5-14-25,26-15-6-3-7-16-26)19-8-9-20-36-21-17-27(18-22-36)35-28(37)24-11-10-12-24/h2-7,13-15,24,26-27H,8-12,16-23H2,1H3,(H,34,38)(H,35,37). The molecule has 2 atom stereocenters. The lowest BCUT2D eigenvalue weighted by molar-refractivity contribution is -0.130. The quantitative estimate of drug-likeness (QED) is 0.359. The summed E-state index contributed by atoms with van der Waals surface area (Å²) in [5, 5.41) is 5.84. The Morgan fingerprint density at radius 1 is 1.03 bits per heavy atom. The molecule has 2 amide bonds. The van der Waals surface area contributed by atoms with Crippen molar-refractivity contribution in [1.82, 2.24) is 15.5 Å². The van der Waals surface area contributed by atoms with Gasteiger partial charge in [-0.05, 0) is 63.0 Å². The van der Waals surface area contributed by atoms with E-state index >= 15 is 0 Å². The van der Waals surface area contributed by atoms with Crippen LogP contribution in [-0.4, -0.2) is 54.9 Å². The summed E-state index contributed by atoms with van der Waals surface area (Å²) in [6.07, 6.45) is 16.2. The third-order valence-electron chi connectivity index (χ3n) is 8.57. The number of alkyl halides is 2. The van der Waals surface area contributed by atoms with E-state index in [4.69, 9.17) is 0 Å². The van der Waals surface area contributed by atoms with Gasteiger partial charge in [0.25, 0.3) is 5.92 Å². The number of nitrogens with one attached hydrogen (secondary N) is 2. The SMILES string of the molecule is CC(F)(F)CNC(=O)C(CCCCN1CCC(NC(=O)C2CCC2)CC1)(c1ccccc1)C1C=CC=CC1. The minimum absolute atomic E-state index is 0.101. The van der Waals surface area contributed by atoms with Crippen molar-refractivity contribution in [1.29, 1.82) is 0 Å². The van der Waals surface area contributed by atoms with E-state index < -0.39 is 17.9 Å². The molecule has 5 nitrogen and oxygen atoms in total. The van der Waals surface area contributed by atoms with Gasteiger partial charge in [0.15, 0.2) is 0 Å². The molecule has 2 unspecified atom stereocenters. The van der Waals surface area contributed by atoms with Crippen molar-refractivity contribution in [2.45, 2.75) is 82.1 Å². The molecule has 1 aromatic carbocycles. The number of halogens is 2. The summed E-state index contributed by atoms with van der Waals surface area (Å²) in [6, 6.07) is 9.94. The van der Waals surface area contributed by atoms with Gasteiger partial charge >= 0.3 is 0 Å². The van der Waals surface area contributed by atoms with E-state index in [1.807, 2.05) is 42.5 Å². The van der Waals surface area contributed by atoms with E-state index in [0.717, 1.165) is 70.6 Å². The summed E-state index contributed by atoms with van der Waals surface area (Å²) >= 11 is 0. The molecule has 3 aliphatic rings. The van der Waals surface area contributed by atoms with Gasteiger partial charge in [0, 0.05) is 32.0 Å². The van der Waals surface area contributed by atoms with Gasteiger partial charge in [0.05, 0.1) is 12.0 Å². The van der Waals surface area contributed by atoms with Gasteiger partial charge in [0.1, 0.15) is 0 Å². The first-order chi connectivity index (χ1) is 18.3. The van der Waals surface area contributed by atoms with Gasteiger partial charge in [0.2, 0.25) is 11.8 Å². The number of nitrogens with zero attached hydrogens (tertiary/aromatic N) is 1. The van der Waals surface area contributed by atoms with Crippen molar-refractivity contribution in [2.75, 3.05) is 26.2 Å². The van der Waals surface area contributed by atoms with Gasteiger partial charge in [-0.2, -0.15) is 0 Å². The molecule has 208 valence electrons. The van der Waals surface area contributed by atoms with Crippen LogP contribution < -0.4 is 10.6 Å². The molecule has 2 N–H and O–H groups in total. The molecule has 0 aromatic heterocycles. The predicted octanol–water partition coefficient (Wildman–Crippen LogP) is 5.38. The number of hydrogen-bond acceptors (Lipinski definition) is 3. The lowest BCUT2D eigenvalue weighted by Crippen LogP contribution is -2.51. The third-order valence-corrected chi connectivity index (χ3v) is 8.57. The molecular formula is C31H43F2N3O2. The van der Waals surface area contributed by atoms with E-state index in [-0.39, 0.29) is 29.7 Å². The van der Waals surface area contributed by atoms with Crippen molar-refractivity contribution in [3.63, 3.8) is 0 Å². The molecule has 1 saturated carbocycles. The van der Waals surface area contributed by atoms with E-state index in [0.29, 0.717) is 12.8 Å². The lowest BCUT2D eigenvalue weighted by Gasteiger charge is -2.40. The molecule has 1 aliphatic heterocycles. The fourth-order valence-corrected chi connectivity index (χ4v) is 6.06. The first-order valence-corrected chi connectivity index (χ1v) is 14.4. The molecule has 0 radical (unpaired) electrons. The second-order valence-electron chi connectivity index (χ2n) is 11.5. The van der Waals surface area contributed by atoms with Crippen LogP contribution >= 0.6 is 0 Å². The number of rotatable bonds is 12. The fraction of sp³-hybridized carbons (Fsp3) is 0.613. The highest BCUT2D eigenvalue weighted by Crippen LogP contribution is 2.42. The van der Waals surface area contributed by atoms with Crippen molar-refractivity contribution in [3.8, 4) is 0 Å². The molecule has 1 saturated heterocycles. The number of carbonyl (C=O) groups excluding carboxylic acids is 2. The number of benzene rings is 1. The monoisotopic (exact) mass is 527 g/mol. The summed E-state index contributed by atoms with van der Waals surface area (Å²) in [6.45, 7) is 3.02. The number of hydrogen-bond donors (Lipinski definition) is 2. The number of piperidine rings is 1. The van der Waals surface area contributed by atoms with Crippen LogP contribution in [0.1, 0.15) is 70.3 Å². The molecule has 2 aliphatic carbocycles. The first kappa shape index (κ1) is 28.5. The second kappa shape index (κ2) is 13.0. The summed E-state index contributed by atoms with van der Waals surface area (Å²) in [7, 11) is 0. The maximum absolute atomic E-state index is 13.8. The topological polar surface area (TPSA) is 61.4 Å². The molecular weight excluding hydrogens is 484 g/mol. The zero-order valence-electron chi connectivity index (χ0n) is 22.6. The third kappa shape index (κ3) is 7.31. The molecule has 7 heteroatoms. The fourth-order valence-electron chi connectivity index (χ4n) is 6.06. The minimum Gasteiger partial charge on any atom is -0.353 e. The highest BCUT2D eigenvalue weighted by Gasteiger charge is 2.46. The van der Waals surface area contributed by atoms with Crippen LogP contribution in [-0.2, 0) is 15.0 Å². The minimum atomic E-state index is -2.97. The predicted molar refractivity (Wildman–Crippen MR) is 147 cm³/mol. The molecule has 0 spiro atoms. The Morgan fingerprint density at radius 3 is 2.37 bits per heavy atom. The zero-order chi connectivity index (χ0) is 27.0. The van der Waals surface area contributed by atoms with Gasteiger partial charge in [-0.15, -0.1) is 0 Å². The maximum Gasteiger partial charge on any atom is 0.262 e. The van der Waals surface area contributed by atoms with Crippen molar-refractivity contribution in [3.05, 3.63) is 60.2 Å². The van der Waals surface area contributed by atoms with E-state index in [1.165, 1.54) is 6.42 Å². The van der Waals surface area contributed by atoms with E-state index in [9.17, 15) is 18.4 Å². The van der Waals surface area contributed by atoms with E-state index in [2.05, 4.69) is 27.7 Å². The molecule has 1 aromatic rings. The van der Waals surface area contributed by atoms with Gasteiger partial charge in [-0.3, -0.25) is 9.59 Å². The van der Waals surface area contributed by atoms with Crippen LogP contribution in [0.2, 0.25) is 0 Å². The molecule has 4 rings (SSSR count). The first-order valence-electron chi connectivity index (χ1n) is 14.4. The second-order valence-corrected chi connectivity index (χ2v) is 11.5. The molecule has 0 bridgehead atoms. The largest absolute Gasteiger partial charge is 0.353 e. The van der Waals surface area contributed by atoms with Gasteiger partial charge < -0.3 is 15.5 Å². The highest BCUT2D eigenvalue weighted by atomic mass is 19.3. The Bertz CT molecular complexity index is 979. The Balaban J connectivity index is 1.36. The molecule has 1 heterocycles. The number of amides is 2. The molecule has 38 heavy (non-hydrogen) atoms. The zero-order valence-corrected chi connectivity index (χ0v) is 22.6. The van der Waals surface area contributed by atoms with Crippen molar-refractivity contribution < 1.29 is 18.4 Å². The van der Waals surface area contributed by atoms with Crippen LogP contribution in [0.25, 0.3) is 0 Å². The van der Waals surface area contributed by atoms with E-state index in [1.54, 1.807) is 0 Å². The van der Waals surface area contributed by atoms with Crippen molar-refractivity contribution in [2.24, 2.45) is 11.8 Å². The Morgan fingerprint density at radius 2 is 1.76 bits per heavy atom. The summed E-state index contributed by atoms with van der Waals surface area (Å²) in [5.74, 6) is -2.93. The summed E-state index contributed by atoms with van der Waals surface area (Å²) in [4.78, 5) is 28.5. The van der Waals surface area contributed by atoms with Gasteiger partial charge in [-0.1, -0.05) is 67.5 Å².